The molecule has 0 heterocycles. The van der Waals surface area contributed by atoms with E-state index >= 15 is 0 Å². The van der Waals surface area contributed by atoms with Crippen molar-refractivity contribution in [2.75, 3.05) is 11.9 Å². The smallest absolute Gasteiger partial charge is 0.408 e. The van der Waals surface area contributed by atoms with Gasteiger partial charge in [0.1, 0.15) is 23.6 Å². The highest BCUT2D eigenvalue weighted by molar-refractivity contribution is 6.30. The van der Waals surface area contributed by atoms with Crippen LogP contribution in [0.2, 0.25) is 5.02 Å². The average Bonchev–Trinajstić information content (AvgIpc) is 2.55. The van der Waals surface area contributed by atoms with E-state index < -0.39 is 11.7 Å². The largest absolute Gasteiger partial charge is 0.457 e. The summed E-state index contributed by atoms with van der Waals surface area (Å²) in [5, 5.41) is 5.71. The van der Waals surface area contributed by atoms with Crippen molar-refractivity contribution in [3.63, 3.8) is 0 Å². The molecule has 7 heteroatoms. The van der Waals surface area contributed by atoms with Gasteiger partial charge in [-0.2, -0.15) is 0 Å². The molecule has 6 nitrogen and oxygen atoms in total. The summed E-state index contributed by atoms with van der Waals surface area (Å²) >= 11 is 5.83. The molecule has 138 valence electrons. The van der Waals surface area contributed by atoms with Gasteiger partial charge in [-0.25, -0.2) is 4.79 Å². The van der Waals surface area contributed by atoms with E-state index in [0.29, 0.717) is 22.2 Å². The number of hydrogen-bond acceptors (Lipinski definition) is 4. The number of halogens is 1. The molecular formula is C19H21ClN2O4. The standard InChI is InChI=1S/C19H21ClN2O4/c1-19(2,3)26-18(24)21-12-17(23)22-14-6-10-16(11-7-14)25-15-8-4-13(20)5-9-15/h4-11H,12H2,1-3H3,(H,21,24)(H,22,23). The van der Waals surface area contributed by atoms with E-state index in [-0.39, 0.29) is 12.5 Å². The normalized spacial score (nSPS) is 10.8. The van der Waals surface area contributed by atoms with Crippen LogP contribution in [-0.2, 0) is 9.53 Å². The molecule has 2 rings (SSSR count). The van der Waals surface area contributed by atoms with Crippen LogP contribution in [0.5, 0.6) is 11.5 Å². The van der Waals surface area contributed by atoms with Gasteiger partial charge in [-0.05, 0) is 69.3 Å². The maximum absolute atomic E-state index is 11.9. The van der Waals surface area contributed by atoms with Gasteiger partial charge in [0.15, 0.2) is 0 Å². The predicted molar refractivity (Wildman–Crippen MR) is 101 cm³/mol. The van der Waals surface area contributed by atoms with E-state index in [1.807, 2.05) is 0 Å². The number of carbonyl (C=O) groups is 2. The molecule has 2 N–H and O–H groups in total. The zero-order valence-corrected chi connectivity index (χ0v) is 15.6. The summed E-state index contributed by atoms with van der Waals surface area (Å²) in [4.78, 5) is 23.4. The molecule has 2 amide bonds. The van der Waals surface area contributed by atoms with Crippen molar-refractivity contribution in [2.24, 2.45) is 0 Å². The SMILES string of the molecule is CC(C)(C)OC(=O)NCC(=O)Nc1ccc(Oc2ccc(Cl)cc2)cc1. The average molecular weight is 377 g/mol. The Kier molecular flexibility index (Phi) is 6.46. The predicted octanol–water partition coefficient (Wildman–Crippen LogP) is 4.60. The summed E-state index contributed by atoms with van der Waals surface area (Å²) < 4.78 is 10.7. The van der Waals surface area contributed by atoms with E-state index in [2.05, 4.69) is 10.6 Å². The van der Waals surface area contributed by atoms with Crippen LogP contribution in [0.1, 0.15) is 20.8 Å². The first-order valence-electron chi connectivity index (χ1n) is 8.01. The number of ether oxygens (including phenoxy) is 2. The third-order valence-corrected chi connectivity index (χ3v) is 3.23. The molecule has 26 heavy (non-hydrogen) atoms. The fraction of sp³-hybridized carbons (Fsp3) is 0.263. The first-order valence-corrected chi connectivity index (χ1v) is 8.39. The monoisotopic (exact) mass is 376 g/mol. The Morgan fingerprint density at radius 1 is 0.962 bits per heavy atom. The third-order valence-electron chi connectivity index (χ3n) is 2.98. The number of benzene rings is 2. The summed E-state index contributed by atoms with van der Waals surface area (Å²) in [7, 11) is 0. The molecule has 2 aromatic rings. The Morgan fingerprint density at radius 2 is 1.50 bits per heavy atom. The molecule has 0 atom stereocenters. The molecule has 0 saturated heterocycles. The van der Waals surface area contributed by atoms with Crippen LogP contribution in [-0.4, -0.2) is 24.1 Å². The topological polar surface area (TPSA) is 76.7 Å². The lowest BCUT2D eigenvalue weighted by molar-refractivity contribution is -0.115. The zero-order valence-electron chi connectivity index (χ0n) is 14.8. The van der Waals surface area contributed by atoms with Gasteiger partial charge in [-0.3, -0.25) is 4.79 Å². The number of nitrogens with one attached hydrogen (secondary N) is 2. The first-order chi connectivity index (χ1) is 12.2. The number of alkyl carbamates (subject to hydrolysis) is 1. The lowest BCUT2D eigenvalue weighted by Gasteiger charge is -2.19. The van der Waals surface area contributed by atoms with Crippen molar-refractivity contribution in [2.45, 2.75) is 26.4 Å². The summed E-state index contributed by atoms with van der Waals surface area (Å²) in [6, 6.07) is 13.9. The number of hydrogen-bond donors (Lipinski definition) is 2. The van der Waals surface area contributed by atoms with E-state index in [9.17, 15) is 9.59 Å². The lowest BCUT2D eigenvalue weighted by Crippen LogP contribution is -2.37. The molecule has 2 aromatic carbocycles. The number of anilines is 1. The Morgan fingerprint density at radius 3 is 2.04 bits per heavy atom. The van der Waals surface area contributed by atoms with Crippen molar-refractivity contribution in [3.8, 4) is 11.5 Å². The molecule has 0 spiro atoms. The Labute approximate surface area is 157 Å². The number of carbonyl (C=O) groups excluding carboxylic acids is 2. The molecule has 0 aromatic heterocycles. The van der Waals surface area contributed by atoms with Gasteiger partial charge in [0.05, 0.1) is 0 Å². The van der Waals surface area contributed by atoms with Crippen LogP contribution in [0.4, 0.5) is 10.5 Å². The van der Waals surface area contributed by atoms with Gasteiger partial charge in [-0.1, -0.05) is 11.6 Å². The van der Waals surface area contributed by atoms with Gasteiger partial charge >= 0.3 is 6.09 Å². The summed E-state index contributed by atoms with van der Waals surface area (Å²) in [5.74, 6) is 0.923. The van der Waals surface area contributed by atoms with Crippen molar-refractivity contribution < 1.29 is 19.1 Å². The Balaban J connectivity index is 1.81. The fourth-order valence-corrected chi connectivity index (χ4v) is 2.04. The van der Waals surface area contributed by atoms with Crippen LogP contribution in [0.25, 0.3) is 0 Å². The number of amides is 2. The molecule has 0 bridgehead atoms. The molecule has 0 fully saturated rings. The minimum atomic E-state index is -0.639. The van der Waals surface area contributed by atoms with Crippen LogP contribution in [0.3, 0.4) is 0 Å². The van der Waals surface area contributed by atoms with E-state index in [4.69, 9.17) is 21.1 Å². The molecule has 0 unspecified atom stereocenters. The Bertz CT molecular complexity index is 753. The number of rotatable bonds is 5. The van der Waals surface area contributed by atoms with Crippen LogP contribution < -0.4 is 15.4 Å². The molecular weight excluding hydrogens is 356 g/mol. The van der Waals surface area contributed by atoms with Gasteiger partial charge in [0.2, 0.25) is 5.91 Å². The van der Waals surface area contributed by atoms with E-state index in [1.54, 1.807) is 69.3 Å². The summed E-state index contributed by atoms with van der Waals surface area (Å²) in [5.41, 5.74) is -0.0232. The van der Waals surface area contributed by atoms with Gasteiger partial charge in [0, 0.05) is 10.7 Å². The lowest BCUT2D eigenvalue weighted by atomic mass is 10.2. The highest BCUT2D eigenvalue weighted by Gasteiger charge is 2.16. The molecule has 0 aliphatic carbocycles. The second-order valence-electron chi connectivity index (χ2n) is 6.48. The van der Waals surface area contributed by atoms with Crippen LogP contribution in [0, 0.1) is 0 Å². The second-order valence-corrected chi connectivity index (χ2v) is 6.92. The van der Waals surface area contributed by atoms with Crippen LogP contribution >= 0.6 is 11.6 Å². The van der Waals surface area contributed by atoms with Gasteiger partial charge in [0.25, 0.3) is 0 Å². The minimum absolute atomic E-state index is 0.183. The van der Waals surface area contributed by atoms with Gasteiger partial charge in [-0.15, -0.1) is 0 Å². The zero-order chi connectivity index (χ0) is 19.2. The maximum Gasteiger partial charge on any atom is 0.408 e. The highest BCUT2D eigenvalue weighted by atomic mass is 35.5. The maximum atomic E-state index is 11.9. The molecule has 0 aliphatic rings. The van der Waals surface area contributed by atoms with E-state index in [0.717, 1.165) is 0 Å². The minimum Gasteiger partial charge on any atom is -0.457 e. The van der Waals surface area contributed by atoms with Crippen molar-refractivity contribution >= 4 is 29.3 Å². The van der Waals surface area contributed by atoms with Crippen molar-refractivity contribution in [1.29, 1.82) is 0 Å². The molecule has 0 aliphatic heterocycles. The molecule has 0 radical (unpaired) electrons. The Hall–Kier alpha value is -2.73. The third kappa shape index (κ3) is 7.03. The highest BCUT2D eigenvalue weighted by Crippen LogP contribution is 2.24. The fourth-order valence-electron chi connectivity index (χ4n) is 1.92. The first kappa shape index (κ1) is 19.6. The van der Waals surface area contributed by atoms with Crippen LogP contribution in [0.15, 0.2) is 48.5 Å². The summed E-state index contributed by atoms with van der Waals surface area (Å²) in [6.45, 7) is 5.07. The summed E-state index contributed by atoms with van der Waals surface area (Å²) in [6.07, 6.45) is -0.639. The second kappa shape index (κ2) is 8.58. The van der Waals surface area contributed by atoms with Crippen molar-refractivity contribution in [1.82, 2.24) is 5.32 Å². The van der Waals surface area contributed by atoms with Crippen molar-refractivity contribution in [3.05, 3.63) is 53.6 Å². The van der Waals surface area contributed by atoms with Gasteiger partial charge < -0.3 is 20.1 Å². The molecule has 0 saturated carbocycles. The quantitative estimate of drug-likeness (QED) is 0.799. The van der Waals surface area contributed by atoms with E-state index in [1.165, 1.54) is 0 Å².